The summed E-state index contributed by atoms with van der Waals surface area (Å²) in [6, 6.07) is 0. The van der Waals surface area contributed by atoms with Crippen LogP contribution in [0.3, 0.4) is 0 Å². The van der Waals surface area contributed by atoms with E-state index < -0.39 is 0 Å². The molecule has 0 aromatic rings. The van der Waals surface area contributed by atoms with Crippen molar-refractivity contribution in [2.45, 2.75) is 53.1 Å². The van der Waals surface area contributed by atoms with Crippen LogP contribution in [0.1, 0.15) is 47.0 Å². The second kappa shape index (κ2) is 4.98. The summed E-state index contributed by atoms with van der Waals surface area (Å²) in [5.74, 6) is 0.493. The van der Waals surface area contributed by atoms with E-state index in [1.54, 1.807) is 0 Å². The molecule has 0 saturated carbocycles. The van der Waals surface area contributed by atoms with Crippen LogP contribution in [0, 0.1) is 11.3 Å². The van der Waals surface area contributed by atoms with E-state index in [0.29, 0.717) is 11.3 Å². The third kappa shape index (κ3) is 3.20. The SMILES string of the molecule is CC[C@H](O)/C=C/[C@H]1C(C)=CCCC1(C)C. The topological polar surface area (TPSA) is 20.2 Å². The summed E-state index contributed by atoms with van der Waals surface area (Å²) in [4.78, 5) is 0. The van der Waals surface area contributed by atoms with E-state index in [1.807, 2.05) is 13.0 Å². The standard InChI is InChI=1S/C14H24O/c1-5-12(15)8-9-13-11(2)7-6-10-14(13,3)4/h7-9,12-13,15H,5-6,10H2,1-4H3/b9-8+/t12-,13-/m0/s1. The summed E-state index contributed by atoms with van der Waals surface area (Å²) in [7, 11) is 0. The second-order valence-corrected chi connectivity index (χ2v) is 5.31. The third-order valence-corrected chi connectivity index (χ3v) is 3.53. The van der Waals surface area contributed by atoms with Gasteiger partial charge in [-0.1, -0.05) is 44.6 Å². The molecule has 0 aromatic heterocycles. The van der Waals surface area contributed by atoms with Crippen LogP contribution in [0.15, 0.2) is 23.8 Å². The normalized spacial score (nSPS) is 27.8. The van der Waals surface area contributed by atoms with E-state index in [2.05, 4.69) is 32.9 Å². The Morgan fingerprint density at radius 3 is 2.80 bits per heavy atom. The molecule has 0 aliphatic heterocycles. The molecule has 1 nitrogen and oxygen atoms in total. The molecule has 0 radical (unpaired) electrons. The van der Waals surface area contributed by atoms with Crippen LogP contribution in [0.4, 0.5) is 0 Å². The van der Waals surface area contributed by atoms with Crippen molar-refractivity contribution in [2.75, 3.05) is 0 Å². The second-order valence-electron chi connectivity index (χ2n) is 5.31. The van der Waals surface area contributed by atoms with Crippen molar-refractivity contribution >= 4 is 0 Å². The molecule has 1 heteroatoms. The van der Waals surface area contributed by atoms with Gasteiger partial charge in [-0.15, -0.1) is 0 Å². The van der Waals surface area contributed by atoms with Crippen LogP contribution in [0.5, 0.6) is 0 Å². The monoisotopic (exact) mass is 208 g/mol. The van der Waals surface area contributed by atoms with Crippen LogP contribution in [-0.2, 0) is 0 Å². The van der Waals surface area contributed by atoms with Gasteiger partial charge in [-0.2, -0.15) is 0 Å². The van der Waals surface area contributed by atoms with Gasteiger partial charge in [-0.25, -0.2) is 0 Å². The molecule has 2 atom stereocenters. The molecule has 0 amide bonds. The zero-order chi connectivity index (χ0) is 11.5. The first-order valence-corrected chi connectivity index (χ1v) is 6.00. The summed E-state index contributed by atoms with van der Waals surface area (Å²) in [6.45, 7) is 8.84. The van der Waals surface area contributed by atoms with Crippen molar-refractivity contribution in [3.05, 3.63) is 23.8 Å². The van der Waals surface area contributed by atoms with Crippen molar-refractivity contribution in [3.63, 3.8) is 0 Å². The molecule has 86 valence electrons. The predicted molar refractivity (Wildman–Crippen MR) is 65.7 cm³/mol. The van der Waals surface area contributed by atoms with E-state index in [-0.39, 0.29) is 6.10 Å². The Morgan fingerprint density at radius 2 is 2.27 bits per heavy atom. The van der Waals surface area contributed by atoms with E-state index in [9.17, 15) is 5.11 Å². The Morgan fingerprint density at radius 1 is 1.60 bits per heavy atom. The van der Waals surface area contributed by atoms with Gasteiger partial charge in [0.25, 0.3) is 0 Å². The molecule has 15 heavy (non-hydrogen) atoms. The lowest BCUT2D eigenvalue weighted by molar-refractivity contribution is 0.214. The molecule has 1 aliphatic carbocycles. The Kier molecular flexibility index (Phi) is 4.15. The summed E-state index contributed by atoms with van der Waals surface area (Å²) >= 11 is 0. The minimum Gasteiger partial charge on any atom is -0.389 e. The maximum absolute atomic E-state index is 9.54. The van der Waals surface area contributed by atoms with Gasteiger partial charge in [0.05, 0.1) is 6.10 Å². The maximum Gasteiger partial charge on any atom is 0.0718 e. The van der Waals surface area contributed by atoms with E-state index in [0.717, 1.165) is 6.42 Å². The van der Waals surface area contributed by atoms with Gasteiger partial charge in [-0.3, -0.25) is 0 Å². The van der Waals surface area contributed by atoms with Crippen molar-refractivity contribution in [1.82, 2.24) is 0 Å². The quantitative estimate of drug-likeness (QED) is 0.701. The van der Waals surface area contributed by atoms with Gasteiger partial charge in [0.1, 0.15) is 0 Å². The molecule has 1 aliphatic rings. The number of allylic oxidation sites excluding steroid dienone is 3. The lowest BCUT2D eigenvalue weighted by atomic mass is 9.68. The predicted octanol–water partition coefficient (Wildman–Crippen LogP) is 3.70. The highest BCUT2D eigenvalue weighted by Crippen LogP contribution is 2.41. The van der Waals surface area contributed by atoms with Crippen molar-refractivity contribution in [2.24, 2.45) is 11.3 Å². The van der Waals surface area contributed by atoms with Gasteiger partial charge in [-0.05, 0) is 31.6 Å². The largest absolute Gasteiger partial charge is 0.389 e. The Labute approximate surface area is 93.9 Å². The number of aliphatic hydroxyl groups excluding tert-OH is 1. The highest BCUT2D eigenvalue weighted by atomic mass is 16.3. The van der Waals surface area contributed by atoms with E-state index in [1.165, 1.54) is 18.4 Å². The van der Waals surface area contributed by atoms with Gasteiger partial charge >= 0.3 is 0 Å². The molecule has 0 bridgehead atoms. The van der Waals surface area contributed by atoms with Crippen LogP contribution >= 0.6 is 0 Å². The number of rotatable bonds is 3. The highest BCUT2D eigenvalue weighted by molar-refractivity contribution is 5.19. The molecule has 1 rings (SSSR count). The zero-order valence-corrected chi connectivity index (χ0v) is 10.5. The molecule has 0 spiro atoms. The van der Waals surface area contributed by atoms with Gasteiger partial charge in [0.2, 0.25) is 0 Å². The minimum atomic E-state index is -0.282. The van der Waals surface area contributed by atoms with Crippen LogP contribution in [0.2, 0.25) is 0 Å². The summed E-state index contributed by atoms with van der Waals surface area (Å²) in [6.07, 6.45) is 9.43. The van der Waals surface area contributed by atoms with Gasteiger partial charge < -0.3 is 5.11 Å². The fourth-order valence-electron chi connectivity index (χ4n) is 2.36. The average Bonchev–Trinajstić information content (AvgIpc) is 2.15. The van der Waals surface area contributed by atoms with Crippen LogP contribution in [-0.4, -0.2) is 11.2 Å². The number of hydrogen-bond donors (Lipinski definition) is 1. The molecule has 0 heterocycles. The molecule has 0 fully saturated rings. The zero-order valence-electron chi connectivity index (χ0n) is 10.5. The average molecular weight is 208 g/mol. The van der Waals surface area contributed by atoms with E-state index >= 15 is 0 Å². The van der Waals surface area contributed by atoms with Crippen LogP contribution in [0.25, 0.3) is 0 Å². The lowest BCUT2D eigenvalue weighted by Gasteiger charge is -2.36. The summed E-state index contributed by atoms with van der Waals surface area (Å²) in [5, 5.41) is 9.54. The van der Waals surface area contributed by atoms with Crippen molar-refractivity contribution in [3.8, 4) is 0 Å². The smallest absolute Gasteiger partial charge is 0.0718 e. The molecular weight excluding hydrogens is 184 g/mol. The first-order valence-electron chi connectivity index (χ1n) is 6.00. The summed E-state index contributed by atoms with van der Waals surface area (Å²) in [5.41, 5.74) is 1.79. The molecule has 0 unspecified atom stereocenters. The number of aliphatic hydroxyl groups is 1. The Hall–Kier alpha value is -0.560. The Balaban J connectivity index is 2.76. The van der Waals surface area contributed by atoms with Gasteiger partial charge in [0, 0.05) is 5.92 Å². The highest BCUT2D eigenvalue weighted by Gasteiger charge is 2.30. The maximum atomic E-state index is 9.54. The first kappa shape index (κ1) is 12.5. The molecule has 0 saturated heterocycles. The van der Waals surface area contributed by atoms with Gasteiger partial charge in [0.15, 0.2) is 0 Å². The van der Waals surface area contributed by atoms with Crippen molar-refractivity contribution < 1.29 is 5.11 Å². The summed E-state index contributed by atoms with van der Waals surface area (Å²) < 4.78 is 0. The molecule has 1 N–H and O–H groups in total. The molecular formula is C14H24O. The van der Waals surface area contributed by atoms with Crippen molar-refractivity contribution in [1.29, 1.82) is 0 Å². The fourth-order valence-corrected chi connectivity index (χ4v) is 2.36. The van der Waals surface area contributed by atoms with E-state index in [4.69, 9.17) is 0 Å². The van der Waals surface area contributed by atoms with Crippen LogP contribution < -0.4 is 0 Å². The number of hydrogen-bond acceptors (Lipinski definition) is 1. The Bertz CT molecular complexity index is 261. The fraction of sp³-hybridized carbons (Fsp3) is 0.714. The lowest BCUT2D eigenvalue weighted by Crippen LogP contribution is -2.26. The third-order valence-electron chi connectivity index (χ3n) is 3.53. The first-order chi connectivity index (χ1) is 6.97. The molecule has 0 aromatic carbocycles. The minimum absolute atomic E-state index is 0.282.